The van der Waals surface area contributed by atoms with Gasteiger partial charge in [0.2, 0.25) is 18.3 Å². The van der Waals surface area contributed by atoms with Crippen LogP contribution in [0.15, 0.2) is 71.8 Å². The Kier molecular flexibility index (Phi) is 7.57. The molecule has 178 valence electrons. The van der Waals surface area contributed by atoms with Crippen LogP contribution in [-0.2, 0) is 21.8 Å². The molecular formula is C24H31ClN2O4SSi. The van der Waals surface area contributed by atoms with Crippen molar-refractivity contribution in [1.82, 2.24) is 8.95 Å². The van der Waals surface area contributed by atoms with Crippen molar-refractivity contribution in [1.29, 1.82) is 0 Å². The number of ether oxygens (including phenoxy) is 1. The van der Waals surface area contributed by atoms with Gasteiger partial charge in [0, 0.05) is 19.9 Å². The number of aromatic nitrogens is 1. The summed E-state index contributed by atoms with van der Waals surface area (Å²) in [7, 11) is -5.60. The Hall–Kier alpha value is -1.94. The number of benzene rings is 2. The molecule has 0 saturated heterocycles. The van der Waals surface area contributed by atoms with Crippen LogP contribution < -0.4 is 14.8 Å². The summed E-state index contributed by atoms with van der Waals surface area (Å²) < 4.78 is 37.7. The second-order valence-electron chi connectivity index (χ2n) is 8.95. The van der Waals surface area contributed by atoms with E-state index in [1.54, 1.807) is 14.0 Å². The molecule has 0 saturated carbocycles. The van der Waals surface area contributed by atoms with Crippen LogP contribution in [0.4, 0.5) is 0 Å². The van der Waals surface area contributed by atoms with E-state index in [4.69, 9.17) is 16.3 Å². The van der Waals surface area contributed by atoms with Crippen LogP contribution in [0.5, 0.6) is 0 Å². The smallest absolute Gasteiger partial charge is 0.238 e. The quantitative estimate of drug-likeness (QED) is 0.361. The number of rotatable bonds is 8. The van der Waals surface area contributed by atoms with Crippen molar-refractivity contribution < 1.29 is 18.3 Å². The first-order valence-electron chi connectivity index (χ1n) is 10.7. The van der Waals surface area contributed by atoms with E-state index in [-0.39, 0.29) is 22.2 Å². The molecule has 0 amide bonds. The summed E-state index contributed by atoms with van der Waals surface area (Å²) in [5.74, 6) is 0. The van der Waals surface area contributed by atoms with Crippen molar-refractivity contribution in [3.8, 4) is 0 Å². The van der Waals surface area contributed by atoms with Crippen LogP contribution in [0.1, 0.15) is 39.7 Å². The number of nitrogens with zero attached hydrogens (tertiary/aromatic N) is 1. The third kappa shape index (κ3) is 4.82. The molecule has 0 bridgehead atoms. The van der Waals surface area contributed by atoms with E-state index in [1.807, 2.05) is 60.7 Å². The van der Waals surface area contributed by atoms with Gasteiger partial charge in [-0.3, -0.25) is 0 Å². The lowest BCUT2D eigenvalue weighted by atomic mass is 10.2. The Balaban J connectivity index is 2.24. The zero-order valence-electron chi connectivity index (χ0n) is 19.5. The van der Waals surface area contributed by atoms with Crippen molar-refractivity contribution in [3.05, 3.63) is 77.6 Å². The van der Waals surface area contributed by atoms with Gasteiger partial charge >= 0.3 is 0 Å². The fourth-order valence-corrected chi connectivity index (χ4v) is 13.1. The van der Waals surface area contributed by atoms with Crippen molar-refractivity contribution >= 4 is 40.2 Å². The number of aliphatic hydroxyl groups is 1. The molecule has 1 atom stereocenters. The Morgan fingerprint density at radius 1 is 1.06 bits per heavy atom. The first kappa shape index (κ1) is 25.7. The molecule has 6 nitrogen and oxygen atoms in total. The molecule has 3 aromatic rings. The maximum Gasteiger partial charge on any atom is 0.238 e. The van der Waals surface area contributed by atoms with Gasteiger partial charge in [0.1, 0.15) is 4.90 Å². The number of halogens is 1. The van der Waals surface area contributed by atoms with Crippen LogP contribution in [0, 0.1) is 0 Å². The first-order chi connectivity index (χ1) is 15.5. The van der Waals surface area contributed by atoms with Gasteiger partial charge in [-0.15, -0.1) is 0 Å². The molecule has 1 heterocycles. The number of aryl methyl sites for hydroxylation is 1. The zero-order chi connectivity index (χ0) is 24.4. The number of hydrogen-bond donors (Lipinski definition) is 2. The Bertz CT molecular complexity index is 1150. The number of nitrogens with one attached hydrogen (secondary N) is 1. The SMILES string of the molecule is CCOC(O)c1c(Cl)c(S(=O)(=O)N[Si](c2ccccc2)(c2ccccc2)C(C)(C)C)cn1C. The molecule has 1 unspecified atom stereocenters. The van der Waals surface area contributed by atoms with E-state index < -0.39 is 29.6 Å². The van der Waals surface area contributed by atoms with E-state index in [9.17, 15) is 13.5 Å². The molecule has 0 radical (unpaired) electrons. The summed E-state index contributed by atoms with van der Waals surface area (Å²) in [5.41, 5.74) is 0.196. The lowest BCUT2D eigenvalue weighted by Gasteiger charge is -2.43. The van der Waals surface area contributed by atoms with E-state index in [2.05, 4.69) is 25.2 Å². The molecule has 2 N–H and O–H groups in total. The molecule has 0 aliphatic heterocycles. The molecule has 0 spiro atoms. The lowest BCUT2D eigenvalue weighted by Crippen LogP contribution is -2.74. The molecule has 0 aliphatic rings. The normalized spacial score (nSPS) is 13.8. The maximum absolute atomic E-state index is 13.9. The highest BCUT2D eigenvalue weighted by Gasteiger charge is 2.51. The average molecular weight is 507 g/mol. The minimum Gasteiger partial charge on any atom is -0.363 e. The lowest BCUT2D eigenvalue weighted by molar-refractivity contribution is -0.102. The molecule has 3 rings (SSSR count). The standard InChI is InChI=1S/C24H31ClN2O4SSi/c1-6-31-23(28)22-21(25)20(17-27(22)5)32(29,30)26-33(24(2,3)4,18-13-9-7-10-14-18)19-15-11-8-12-16-19/h7-17,23,26,28H,6H2,1-5H3. The topological polar surface area (TPSA) is 80.6 Å². The van der Waals surface area contributed by atoms with E-state index >= 15 is 0 Å². The molecule has 0 fully saturated rings. The predicted molar refractivity (Wildman–Crippen MR) is 135 cm³/mol. The highest BCUT2D eigenvalue weighted by molar-refractivity contribution is 7.91. The molecular weight excluding hydrogens is 476 g/mol. The van der Waals surface area contributed by atoms with E-state index in [1.165, 1.54) is 10.8 Å². The van der Waals surface area contributed by atoms with E-state index in [0.29, 0.717) is 0 Å². The second-order valence-corrected chi connectivity index (χ2v) is 15.7. The van der Waals surface area contributed by atoms with Crippen LogP contribution in [0.3, 0.4) is 0 Å². The number of sulfonamides is 1. The van der Waals surface area contributed by atoms with Crippen LogP contribution in [0.2, 0.25) is 10.1 Å². The summed E-state index contributed by atoms with van der Waals surface area (Å²) >= 11 is 6.52. The van der Waals surface area contributed by atoms with Gasteiger partial charge in [-0.25, -0.2) is 12.8 Å². The third-order valence-corrected chi connectivity index (χ3v) is 14.2. The molecule has 9 heteroatoms. The Morgan fingerprint density at radius 3 is 1.97 bits per heavy atom. The first-order valence-corrected chi connectivity index (χ1v) is 14.6. The van der Waals surface area contributed by atoms with Gasteiger partial charge in [-0.2, -0.15) is 0 Å². The summed E-state index contributed by atoms with van der Waals surface area (Å²) in [5, 5.41) is 11.7. The highest BCUT2D eigenvalue weighted by atomic mass is 35.5. The second kappa shape index (κ2) is 9.73. The summed E-state index contributed by atoms with van der Waals surface area (Å²) in [4.78, 5) is -0.0894. The van der Waals surface area contributed by atoms with Gasteiger partial charge in [-0.05, 0) is 22.3 Å². The zero-order valence-corrected chi connectivity index (χ0v) is 22.1. The molecule has 2 aromatic carbocycles. The van der Waals surface area contributed by atoms with Crippen LogP contribution in [0.25, 0.3) is 0 Å². The minimum atomic E-state index is -4.09. The van der Waals surface area contributed by atoms with Crippen molar-refractivity contribution in [2.45, 2.75) is 43.9 Å². The van der Waals surface area contributed by atoms with Gasteiger partial charge < -0.3 is 14.4 Å². The van der Waals surface area contributed by atoms with Gasteiger partial charge in [0.25, 0.3) is 0 Å². The van der Waals surface area contributed by atoms with Gasteiger partial charge in [-0.1, -0.05) is 93.0 Å². The summed E-state index contributed by atoms with van der Waals surface area (Å²) in [6, 6.07) is 19.4. The average Bonchev–Trinajstić information content (AvgIpc) is 3.07. The molecule has 0 aliphatic carbocycles. The minimum absolute atomic E-state index is 0.0520. The number of aliphatic hydroxyl groups excluding tert-OH is 1. The Labute approximate surface area is 202 Å². The maximum atomic E-state index is 13.9. The largest absolute Gasteiger partial charge is 0.363 e. The summed E-state index contributed by atoms with van der Waals surface area (Å²) in [6.07, 6.45) is 0.0874. The predicted octanol–water partition coefficient (Wildman–Crippen LogP) is 3.54. The fraction of sp³-hybridized carbons (Fsp3) is 0.333. The van der Waals surface area contributed by atoms with Crippen LogP contribution >= 0.6 is 11.6 Å². The molecule has 1 aromatic heterocycles. The van der Waals surface area contributed by atoms with Crippen LogP contribution in [-0.4, -0.2) is 32.9 Å². The third-order valence-electron chi connectivity index (χ3n) is 5.81. The fourth-order valence-electron chi connectivity index (χ4n) is 4.23. The molecule has 33 heavy (non-hydrogen) atoms. The van der Waals surface area contributed by atoms with Crippen molar-refractivity contribution in [2.75, 3.05) is 6.61 Å². The van der Waals surface area contributed by atoms with Gasteiger partial charge in [0.15, 0.2) is 6.29 Å². The van der Waals surface area contributed by atoms with E-state index in [0.717, 1.165) is 10.4 Å². The highest BCUT2D eigenvalue weighted by Crippen LogP contribution is 2.37. The van der Waals surface area contributed by atoms with Crippen molar-refractivity contribution in [2.24, 2.45) is 7.05 Å². The summed E-state index contributed by atoms with van der Waals surface area (Å²) in [6.45, 7) is 8.16. The monoisotopic (exact) mass is 506 g/mol. The number of hydrogen-bond acceptors (Lipinski definition) is 4. The van der Waals surface area contributed by atoms with Gasteiger partial charge in [0.05, 0.1) is 10.7 Å². The Morgan fingerprint density at radius 2 is 1.55 bits per heavy atom. The van der Waals surface area contributed by atoms with Crippen molar-refractivity contribution in [3.63, 3.8) is 0 Å².